The Morgan fingerprint density at radius 2 is 1.66 bits per heavy atom. The number of aromatic nitrogens is 4. The van der Waals surface area contributed by atoms with Gasteiger partial charge in [-0.2, -0.15) is 8.62 Å². The lowest BCUT2D eigenvalue weighted by atomic mass is 10.1. The maximum atomic E-state index is 11.8. The van der Waals surface area contributed by atoms with E-state index in [1.54, 1.807) is 0 Å². The molecule has 19 nitrogen and oxygen atoms in total. The fourth-order valence-corrected chi connectivity index (χ4v) is 6.64. The average Bonchev–Trinajstić information content (AvgIpc) is 3.38. The quantitative estimate of drug-likeness (QED) is 0.134. The molecule has 3 aromatic rings. The topological polar surface area (TPSA) is 305 Å². The van der Waals surface area contributed by atoms with Crippen molar-refractivity contribution < 1.29 is 61.4 Å². The van der Waals surface area contributed by atoms with Crippen LogP contribution in [-0.2, 0) is 38.0 Å². The summed E-state index contributed by atoms with van der Waals surface area (Å²) in [7, 11) is -16.7. The molecule has 0 aliphatic carbocycles. The predicted octanol–water partition coefficient (Wildman–Crippen LogP) is -0.0527. The first-order valence-electron chi connectivity index (χ1n) is 11.5. The minimum Gasteiger partial charge on any atom is -0.387 e. The largest absolute Gasteiger partial charge is 0.490 e. The van der Waals surface area contributed by atoms with Crippen LogP contribution in [0.15, 0.2) is 43.0 Å². The van der Waals surface area contributed by atoms with Crippen LogP contribution < -0.4 is 11.5 Å². The van der Waals surface area contributed by atoms with Gasteiger partial charge in [-0.05, 0) is 18.9 Å². The molecule has 3 unspecified atom stereocenters. The average molecular weight is 642 g/mol. The van der Waals surface area contributed by atoms with Crippen LogP contribution in [0.25, 0.3) is 11.2 Å². The third-order valence-electron chi connectivity index (χ3n) is 5.22. The highest BCUT2D eigenvalue weighted by Crippen LogP contribution is 2.66. The van der Waals surface area contributed by atoms with Crippen LogP contribution in [0, 0.1) is 0 Å². The van der Waals surface area contributed by atoms with E-state index in [0.717, 1.165) is 12.7 Å². The second-order valence-electron chi connectivity index (χ2n) is 8.68. The number of rotatable bonds is 10. The minimum absolute atomic E-state index is 0.0426. The molecule has 3 heterocycles. The molecular formula is C19H29N6O13P3. The number of phosphoric ester groups is 1. The van der Waals surface area contributed by atoms with E-state index in [0.29, 0.717) is 0 Å². The molecule has 4 rings (SSSR count). The molecule has 1 aromatic carbocycles. The number of anilines is 1. The fraction of sp³-hybridized carbons (Fsp3) is 0.421. The first kappa shape index (κ1) is 33.3. The van der Waals surface area contributed by atoms with Crippen molar-refractivity contribution >= 4 is 40.4 Å². The first-order valence-corrected chi connectivity index (χ1v) is 16.0. The Balaban J connectivity index is 0.000000389. The van der Waals surface area contributed by atoms with E-state index in [4.69, 9.17) is 30.9 Å². The van der Waals surface area contributed by atoms with Crippen molar-refractivity contribution in [1.82, 2.24) is 19.5 Å². The number of hydrogen-bond donors (Lipinski definition) is 8. The van der Waals surface area contributed by atoms with E-state index in [-0.39, 0.29) is 23.0 Å². The van der Waals surface area contributed by atoms with Crippen LogP contribution in [0.3, 0.4) is 0 Å². The summed E-state index contributed by atoms with van der Waals surface area (Å²) < 4.78 is 51.9. The summed E-state index contributed by atoms with van der Waals surface area (Å²) in [5.41, 5.74) is 12.9. The molecule has 1 aliphatic heterocycles. The molecule has 228 valence electrons. The fourth-order valence-electron chi connectivity index (χ4n) is 3.61. The number of nitrogen functional groups attached to an aromatic ring is 1. The van der Waals surface area contributed by atoms with Gasteiger partial charge in [0.1, 0.15) is 30.2 Å². The molecule has 0 radical (unpaired) electrons. The highest BCUT2D eigenvalue weighted by atomic mass is 31.3. The Labute approximate surface area is 232 Å². The van der Waals surface area contributed by atoms with Gasteiger partial charge in [-0.25, -0.2) is 28.6 Å². The SMILES string of the molecule is CC(N)Cc1ccccc1.Nc1ncnc2c1ncn2[C@@H]1O[C@H](COP(=O)(O)OP(=O)(O)OP(=O)(O)O)[C@@H](O)[C@H]1O. The lowest BCUT2D eigenvalue weighted by Gasteiger charge is -2.19. The summed E-state index contributed by atoms with van der Waals surface area (Å²) in [4.78, 5) is 47.2. The van der Waals surface area contributed by atoms with E-state index >= 15 is 0 Å². The van der Waals surface area contributed by atoms with Gasteiger partial charge in [-0.15, -0.1) is 0 Å². The van der Waals surface area contributed by atoms with E-state index in [2.05, 4.69) is 40.2 Å². The summed E-state index contributed by atoms with van der Waals surface area (Å²) in [6, 6.07) is 10.6. The van der Waals surface area contributed by atoms with Crippen molar-refractivity contribution in [2.45, 2.75) is 43.9 Å². The third kappa shape index (κ3) is 9.68. The molecule has 1 fully saturated rings. The zero-order valence-electron chi connectivity index (χ0n) is 21.2. The van der Waals surface area contributed by atoms with Crippen LogP contribution in [0.4, 0.5) is 5.82 Å². The second kappa shape index (κ2) is 13.4. The van der Waals surface area contributed by atoms with Crippen LogP contribution in [-0.4, -0.2) is 80.3 Å². The van der Waals surface area contributed by atoms with Gasteiger partial charge in [0.05, 0.1) is 12.9 Å². The van der Waals surface area contributed by atoms with E-state index in [9.17, 15) is 28.8 Å². The summed E-state index contributed by atoms with van der Waals surface area (Å²) in [6.07, 6.45) is -2.72. The molecule has 0 spiro atoms. The van der Waals surface area contributed by atoms with Gasteiger partial charge in [-0.1, -0.05) is 30.3 Å². The summed E-state index contributed by atoms with van der Waals surface area (Å²) in [6.45, 7) is 1.06. The molecule has 10 N–H and O–H groups in total. The molecule has 41 heavy (non-hydrogen) atoms. The van der Waals surface area contributed by atoms with Gasteiger partial charge in [0.25, 0.3) is 0 Å². The van der Waals surface area contributed by atoms with Crippen molar-refractivity contribution in [2.24, 2.45) is 5.73 Å². The van der Waals surface area contributed by atoms with Crippen molar-refractivity contribution in [1.29, 1.82) is 0 Å². The second-order valence-corrected chi connectivity index (χ2v) is 13.1. The van der Waals surface area contributed by atoms with E-state index < -0.39 is 54.6 Å². The van der Waals surface area contributed by atoms with Crippen molar-refractivity contribution in [3.8, 4) is 0 Å². The predicted molar refractivity (Wildman–Crippen MR) is 139 cm³/mol. The molecular weight excluding hydrogens is 613 g/mol. The van der Waals surface area contributed by atoms with Gasteiger partial charge < -0.3 is 46.0 Å². The number of nitrogens with two attached hydrogens (primary N) is 2. The molecule has 2 aromatic heterocycles. The number of benzene rings is 1. The number of hydrogen-bond acceptors (Lipinski definition) is 14. The Morgan fingerprint density at radius 1 is 1.00 bits per heavy atom. The maximum absolute atomic E-state index is 11.8. The lowest BCUT2D eigenvalue weighted by Crippen LogP contribution is -2.33. The number of ether oxygens (including phenoxy) is 1. The highest BCUT2D eigenvalue weighted by Gasteiger charge is 2.47. The summed E-state index contributed by atoms with van der Waals surface area (Å²) >= 11 is 0. The maximum Gasteiger partial charge on any atom is 0.490 e. The summed E-state index contributed by atoms with van der Waals surface area (Å²) in [5, 5.41) is 20.4. The molecule has 0 bridgehead atoms. The van der Waals surface area contributed by atoms with Gasteiger partial charge >= 0.3 is 23.5 Å². The smallest absolute Gasteiger partial charge is 0.387 e. The Hall–Kier alpha value is -2.18. The molecule has 0 amide bonds. The van der Waals surface area contributed by atoms with E-state index in [1.807, 2.05) is 25.1 Å². The summed E-state index contributed by atoms with van der Waals surface area (Å²) in [5.74, 6) is 0.0426. The van der Waals surface area contributed by atoms with Gasteiger partial charge in [0.2, 0.25) is 0 Å². The van der Waals surface area contributed by atoms with Crippen LogP contribution in [0.5, 0.6) is 0 Å². The molecule has 1 aliphatic rings. The van der Waals surface area contributed by atoms with Crippen molar-refractivity contribution in [3.63, 3.8) is 0 Å². The van der Waals surface area contributed by atoms with Crippen molar-refractivity contribution in [2.75, 3.05) is 12.3 Å². The monoisotopic (exact) mass is 642 g/mol. The van der Waals surface area contributed by atoms with Crippen LogP contribution >= 0.6 is 23.5 Å². The number of phosphoric acid groups is 3. The van der Waals surface area contributed by atoms with Gasteiger partial charge in [0.15, 0.2) is 17.7 Å². The van der Waals surface area contributed by atoms with Gasteiger partial charge in [-0.3, -0.25) is 9.09 Å². The third-order valence-corrected chi connectivity index (χ3v) is 9.02. The van der Waals surface area contributed by atoms with Crippen LogP contribution in [0.2, 0.25) is 0 Å². The molecule has 0 saturated carbocycles. The van der Waals surface area contributed by atoms with Gasteiger partial charge in [0, 0.05) is 6.04 Å². The zero-order valence-corrected chi connectivity index (χ0v) is 23.9. The molecule has 1 saturated heterocycles. The number of imidazole rings is 1. The molecule has 7 atom stereocenters. The number of aliphatic hydroxyl groups is 2. The Bertz CT molecular complexity index is 1450. The number of nitrogens with zero attached hydrogens (tertiary/aromatic N) is 4. The molecule has 22 heteroatoms. The van der Waals surface area contributed by atoms with E-state index in [1.165, 1.54) is 16.5 Å². The minimum atomic E-state index is -5.70. The number of fused-ring (bicyclic) bond motifs is 1. The first-order chi connectivity index (χ1) is 19.0. The Kier molecular flexibility index (Phi) is 10.9. The normalized spacial score (nSPS) is 24.7. The number of aliphatic hydroxyl groups excluding tert-OH is 2. The Morgan fingerprint density at radius 3 is 2.27 bits per heavy atom. The van der Waals surface area contributed by atoms with Crippen molar-refractivity contribution in [3.05, 3.63) is 48.5 Å². The lowest BCUT2D eigenvalue weighted by molar-refractivity contribution is -0.0503. The standard InChI is InChI=1S/C10H16N5O13P3.C9H13N/c11-8-5-9(13-2-12-8)15(3-14-5)10-7(17)6(16)4(26-10)1-25-30(21,22)28-31(23,24)27-29(18,19)20;1-8(10)7-9-5-3-2-4-6-9/h2-4,6-7,10,16-17H,1H2,(H,21,22)(H,23,24)(H2,11,12,13)(H2,18,19,20);2-6,8H,7,10H2,1H3/t4-,6-,7-,10-;/m1./s1. The van der Waals surface area contributed by atoms with Crippen LogP contribution in [0.1, 0.15) is 18.7 Å². The highest BCUT2D eigenvalue weighted by molar-refractivity contribution is 7.66. The zero-order chi connectivity index (χ0) is 30.6.